The zero-order chi connectivity index (χ0) is 12.3. The number of carbonyl (C=O) groups is 1. The van der Waals surface area contributed by atoms with Crippen molar-refractivity contribution < 1.29 is 4.79 Å². The van der Waals surface area contributed by atoms with E-state index in [1.54, 1.807) is 11.3 Å². The van der Waals surface area contributed by atoms with Gasteiger partial charge in [-0.05, 0) is 33.1 Å². The summed E-state index contributed by atoms with van der Waals surface area (Å²) in [7, 11) is 0. The molecule has 0 atom stereocenters. The van der Waals surface area contributed by atoms with E-state index in [0.717, 1.165) is 18.2 Å². The van der Waals surface area contributed by atoms with Crippen LogP contribution in [-0.2, 0) is 0 Å². The number of amides is 1. The topological polar surface area (TPSA) is 45.2 Å². The van der Waals surface area contributed by atoms with Crippen LogP contribution < -0.4 is 10.2 Å². The molecule has 2 rings (SSSR count). The molecule has 94 valence electrons. The first-order valence-electron chi connectivity index (χ1n) is 6.18. The van der Waals surface area contributed by atoms with Gasteiger partial charge >= 0.3 is 0 Å². The lowest BCUT2D eigenvalue weighted by molar-refractivity contribution is 0.0939. The molecular weight excluding hydrogens is 234 g/mol. The zero-order valence-corrected chi connectivity index (χ0v) is 11.2. The number of rotatable bonds is 3. The zero-order valence-electron chi connectivity index (χ0n) is 10.4. The van der Waals surface area contributed by atoms with Gasteiger partial charge in [0, 0.05) is 24.5 Å². The van der Waals surface area contributed by atoms with Crippen LogP contribution in [0.4, 0.5) is 5.13 Å². The van der Waals surface area contributed by atoms with Crippen molar-refractivity contribution in [3.8, 4) is 0 Å². The summed E-state index contributed by atoms with van der Waals surface area (Å²) in [6.07, 6.45) is 3.77. The maximum absolute atomic E-state index is 11.8. The molecular formula is C12H19N3OS. The molecule has 1 aromatic rings. The molecule has 0 aromatic carbocycles. The lowest BCUT2D eigenvalue weighted by Gasteiger charge is -2.25. The van der Waals surface area contributed by atoms with Crippen LogP contribution in [0, 0.1) is 0 Å². The van der Waals surface area contributed by atoms with E-state index < -0.39 is 0 Å². The molecule has 1 fully saturated rings. The average molecular weight is 253 g/mol. The molecule has 1 aliphatic heterocycles. The van der Waals surface area contributed by atoms with Crippen LogP contribution >= 0.6 is 11.3 Å². The van der Waals surface area contributed by atoms with Crippen molar-refractivity contribution in [2.45, 2.75) is 39.2 Å². The quantitative estimate of drug-likeness (QED) is 0.899. The number of anilines is 1. The molecule has 5 heteroatoms. The van der Waals surface area contributed by atoms with Crippen LogP contribution in [-0.4, -0.2) is 30.0 Å². The van der Waals surface area contributed by atoms with Gasteiger partial charge in [0.2, 0.25) is 0 Å². The Morgan fingerprint density at radius 3 is 2.76 bits per heavy atom. The molecule has 2 heterocycles. The maximum Gasteiger partial charge on any atom is 0.271 e. The predicted molar refractivity (Wildman–Crippen MR) is 70.8 cm³/mol. The van der Waals surface area contributed by atoms with Gasteiger partial charge in [-0.1, -0.05) is 0 Å². The first kappa shape index (κ1) is 12.4. The third kappa shape index (κ3) is 3.19. The monoisotopic (exact) mass is 253 g/mol. The number of nitrogens with zero attached hydrogens (tertiary/aromatic N) is 2. The molecule has 0 radical (unpaired) electrons. The maximum atomic E-state index is 11.8. The largest absolute Gasteiger partial charge is 0.349 e. The minimum atomic E-state index is -0.0699. The highest BCUT2D eigenvalue weighted by atomic mass is 32.1. The SMILES string of the molecule is CC(C)NC(=O)c1csc(N2CCCCC2)n1. The van der Waals surface area contributed by atoms with Crippen LogP contribution in [0.3, 0.4) is 0 Å². The molecule has 0 unspecified atom stereocenters. The molecule has 0 bridgehead atoms. The first-order valence-corrected chi connectivity index (χ1v) is 7.06. The van der Waals surface area contributed by atoms with Crippen molar-refractivity contribution in [2.75, 3.05) is 18.0 Å². The Morgan fingerprint density at radius 2 is 2.12 bits per heavy atom. The van der Waals surface area contributed by atoms with Crippen molar-refractivity contribution in [3.05, 3.63) is 11.1 Å². The number of hydrogen-bond acceptors (Lipinski definition) is 4. The Balaban J connectivity index is 2.02. The Kier molecular flexibility index (Phi) is 3.99. The van der Waals surface area contributed by atoms with E-state index >= 15 is 0 Å². The van der Waals surface area contributed by atoms with Crippen LogP contribution in [0.5, 0.6) is 0 Å². The van der Waals surface area contributed by atoms with E-state index in [9.17, 15) is 4.79 Å². The van der Waals surface area contributed by atoms with Crippen LogP contribution in [0.15, 0.2) is 5.38 Å². The lowest BCUT2D eigenvalue weighted by Crippen LogP contribution is -2.31. The molecule has 4 nitrogen and oxygen atoms in total. The second-order valence-electron chi connectivity index (χ2n) is 4.69. The Bertz CT molecular complexity index is 383. The number of hydrogen-bond donors (Lipinski definition) is 1. The highest BCUT2D eigenvalue weighted by molar-refractivity contribution is 7.13. The summed E-state index contributed by atoms with van der Waals surface area (Å²) < 4.78 is 0. The summed E-state index contributed by atoms with van der Waals surface area (Å²) >= 11 is 1.57. The van der Waals surface area contributed by atoms with Gasteiger partial charge in [0.25, 0.3) is 5.91 Å². The van der Waals surface area contributed by atoms with Gasteiger partial charge in [-0.25, -0.2) is 4.98 Å². The molecule has 1 amide bonds. The molecule has 1 saturated heterocycles. The second-order valence-corrected chi connectivity index (χ2v) is 5.53. The van der Waals surface area contributed by atoms with Crippen molar-refractivity contribution in [3.63, 3.8) is 0 Å². The Labute approximate surface area is 106 Å². The van der Waals surface area contributed by atoms with Gasteiger partial charge < -0.3 is 10.2 Å². The number of piperidine rings is 1. The third-order valence-electron chi connectivity index (χ3n) is 2.77. The third-order valence-corrected chi connectivity index (χ3v) is 3.67. The minimum Gasteiger partial charge on any atom is -0.349 e. The van der Waals surface area contributed by atoms with Gasteiger partial charge in [-0.3, -0.25) is 4.79 Å². The highest BCUT2D eigenvalue weighted by Gasteiger charge is 2.17. The van der Waals surface area contributed by atoms with E-state index in [-0.39, 0.29) is 11.9 Å². The minimum absolute atomic E-state index is 0.0699. The van der Waals surface area contributed by atoms with Gasteiger partial charge in [0.05, 0.1) is 0 Å². The molecule has 0 saturated carbocycles. The lowest BCUT2D eigenvalue weighted by atomic mass is 10.1. The smallest absolute Gasteiger partial charge is 0.271 e. The first-order chi connectivity index (χ1) is 8.16. The molecule has 0 aliphatic carbocycles. The van der Waals surface area contributed by atoms with Crippen molar-refractivity contribution >= 4 is 22.4 Å². The number of nitrogens with one attached hydrogen (secondary N) is 1. The molecule has 0 spiro atoms. The summed E-state index contributed by atoms with van der Waals surface area (Å²) in [5, 5.41) is 5.70. The fourth-order valence-corrected chi connectivity index (χ4v) is 2.79. The Morgan fingerprint density at radius 1 is 1.41 bits per heavy atom. The van der Waals surface area contributed by atoms with Gasteiger partial charge in [-0.15, -0.1) is 11.3 Å². The normalized spacial score (nSPS) is 16.3. The molecule has 1 N–H and O–H groups in total. The average Bonchev–Trinajstić information content (AvgIpc) is 2.78. The number of carbonyl (C=O) groups excluding carboxylic acids is 1. The highest BCUT2D eigenvalue weighted by Crippen LogP contribution is 2.23. The van der Waals surface area contributed by atoms with E-state index in [1.165, 1.54) is 19.3 Å². The fraction of sp³-hybridized carbons (Fsp3) is 0.667. The molecule has 1 aliphatic rings. The summed E-state index contributed by atoms with van der Waals surface area (Å²) in [4.78, 5) is 18.5. The predicted octanol–water partition coefficient (Wildman–Crippen LogP) is 2.27. The Hall–Kier alpha value is -1.10. The van der Waals surface area contributed by atoms with Crippen molar-refractivity contribution in [2.24, 2.45) is 0 Å². The van der Waals surface area contributed by atoms with Gasteiger partial charge in [0.15, 0.2) is 5.13 Å². The molecule has 1 aromatic heterocycles. The summed E-state index contributed by atoms with van der Waals surface area (Å²) in [6.45, 7) is 6.04. The van der Waals surface area contributed by atoms with Gasteiger partial charge in [-0.2, -0.15) is 0 Å². The van der Waals surface area contributed by atoms with Crippen LogP contribution in [0.25, 0.3) is 0 Å². The van der Waals surface area contributed by atoms with Crippen molar-refractivity contribution in [1.29, 1.82) is 0 Å². The van der Waals surface area contributed by atoms with E-state index in [1.807, 2.05) is 19.2 Å². The van der Waals surface area contributed by atoms with E-state index in [4.69, 9.17) is 0 Å². The summed E-state index contributed by atoms with van der Waals surface area (Å²) in [5.41, 5.74) is 0.546. The second kappa shape index (κ2) is 5.49. The van der Waals surface area contributed by atoms with Crippen LogP contribution in [0.1, 0.15) is 43.6 Å². The van der Waals surface area contributed by atoms with Gasteiger partial charge in [0.1, 0.15) is 5.69 Å². The fourth-order valence-electron chi connectivity index (χ4n) is 1.94. The van der Waals surface area contributed by atoms with E-state index in [2.05, 4.69) is 15.2 Å². The van der Waals surface area contributed by atoms with Crippen molar-refractivity contribution in [1.82, 2.24) is 10.3 Å². The molecule has 17 heavy (non-hydrogen) atoms. The number of aromatic nitrogens is 1. The standard InChI is InChI=1S/C12H19N3OS/c1-9(2)13-11(16)10-8-17-12(14-10)15-6-4-3-5-7-15/h8-9H,3-7H2,1-2H3,(H,13,16). The summed E-state index contributed by atoms with van der Waals surface area (Å²) in [5.74, 6) is -0.0699. The van der Waals surface area contributed by atoms with E-state index in [0.29, 0.717) is 5.69 Å². The summed E-state index contributed by atoms with van der Waals surface area (Å²) in [6, 6.07) is 0.155. The number of thiazole rings is 1. The van der Waals surface area contributed by atoms with Crippen LogP contribution in [0.2, 0.25) is 0 Å².